The summed E-state index contributed by atoms with van der Waals surface area (Å²) in [5.41, 5.74) is 7.17. The number of hydrogen-bond acceptors (Lipinski definition) is 2. The van der Waals surface area contributed by atoms with Crippen LogP contribution in [0.1, 0.15) is 37.7 Å². The summed E-state index contributed by atoms with van der Waals surface area (Å²) in [5.74, 6) is 0.471. The lowest BCUT2D eigenvalue weighted by atomic mass is 9.65. The molecule has 2 aliphatic rings. The molecule has 6 heteroatoms. The highest BCUT2D eigenvalue weighted by molar-refractivity contribution is 5.85. The van der Waals surface area contributed by atoms with Gasteiger partial charge in [0.05, 0.1) is 6.54 Å². The fourth-order valence-corrected chi connectivity index (χ4v) is 4.45. The van der Waals surface area contributed by atoms with Crippen LogP contribution in [0.5, 0.6) is 0 Å². The van der Waals surface area contributed by atoms with Gasteiger partial charge in [0.15, 0.2) is 0 Å². The molecule has 3 nitrogen and oxygen atoms in total. The van der Waals surface area contributed by atoms with Crippen LogP contribution in [0.4, 0.5) is 8.78 Å². The average Bonchev–Trinajstić information content (AvgIpc) is 2.54. The molecule has 1 aromatic rings. The predicted molar refractivity (Wildman–Crippen MR) is 96.6 cm³/mol. The lowest BCUT2D eigenvalue weighted by Gasteiger charge is -2.44. The number of alkyl halides is 2. The number of nitrogens with two attached hydrogens (primary N) is 1. The Morgan fingerprint density at radius 2 is 1.76 bits per heavy atom. The van der Waals surface area contributed by atoms with Crippen molar-refractivity contribution in [2.45, 2.75) is 51.1 Å². The van der Waals surface area contributed by atoms with Gasteiger partial charge in [0, 0.05) is 18.5 Å². The summed E-state index contributed by atoms with van der Waals surface area (Å²) in [4.78, 5) is 14.3. The van der Waals surface area contributed by atoms with Crippen molar-refractivity contribution in [1.82, 2.24) is 4.90 Å². The minimum Gasteiger partial charge on any atom is -0.332 e. The maximum atomic E-state index is 13.0. The van der Waals surface area contributed by atoms with Gasteiger partial charge >= 0.3 is 0 Å². The topological polar surface area (TPSA) is 46.3 Å². The van der Waals surface area contributed by atoms with Crippen LogP contribution in [0.2, 0.25) is 0 Å². The normalized spacial score (nSPS) is 28.3. The van der Waals surface area contributed by atoms with Gasteiger partial charge in [-0.15, -0.1) is 12.4 Å². The number of rotatable bonds is 5. The fourth-order valence-electron chi connectivity index (χ4n) is 4.45. The van der Waals surface area contributed by atoms with Crippen molar-refractivity contribution in [1.29, 1.82) is 0 Å². The molecular formula is C19H27ClF2N2O. The molecule has 2 atom stereocenters. The van der Waals surface area contributed by atoms with Crippen molar-refractivity contribution < 1.29 is 13.6 Å². The molecular weight excluding hydrogens is 346 g/mol. The molecule has 1 amide bonds. The summed E-state index contributed by atoms with van der Waals surface area (Å²) in [5, 5.41) is 0. The van der Waals surface area contributed by atoms with Crippen LogP contribution in [-0.2, 0) is 11.3 Å². The highest BCUT2D eigenvalue weighted by atomic mass is 35.5. The standard InChI is InChI=1S/C19H26F2N2O.ClH/c20-17(21)12-23(11-13-5-2-1-3-6-13)19(24)16-9-14-7-4-8-15(10-16)18(14)22;/h1-3,5-6,14-18H,4,7-12,22H2;1H. The van der Waals surface area contributed by atoms with Crippen molar-refractivity contribution in [3.8, 4) is 0 Å². The maximum Gasteiger partial charge on any atom is 0.255 e. The molecule has 2 unspecified atom stereocenters. The maximum absolute atomic E-state index is 13.0. The van der Waals surface area contributed by atoms with E-state index in [1.54, 1.807) is 0 Å². The molecule has 2 bridgehead atoms. The van der Waals surface area contributed by atoms with E-state index in [4.69, 9.17) is 5.73 Å². The van der Waals surface area contributed by atoms with E-state index in [0.717, 1.165) is 31.2 Å². The Balaban J connectivity index is 0.00000225. The third kappa shape index (κ3) is 4.91. The fraction of sp³-hybridized carbons (Fsp3) is 0.632. The number of halogens is 3. The minimum atomic E-state index is -2.51. The van der Waals surface area contributed by atoms with E-state index >= 15 is 0 Å². The molecule has 2 aliphatic carbocycles. The molecule has 0 saturated heterocycles. The molecule has 0 aliphatic heterocycles. The van der Waals surface area contributed by atoms with Crippen LogP contribution in [0.15, 0.2) is 30.3 Å². The summed E-state index contributed by atoms with van der Waals surface area (Å²) in [6.45, 7) is -0.243. The number of fused-ring (bicyclic) bond motifs is 2. The molecule has 0 spiro atoms. The monoisotopic (exact) mass is 372 g/mol. The zero-order valence-electron chi connectivity index (χ0n) is 14.3. The van der Waals surface area contributed by atoms with E-state index < -0.39 is 13.0 Å². The van der Waals surface area contributed by atoms with Crippen LogP contribution in [0.25, 0.3) is 0 Å². The number of carbonyl (C=O) groups excluding carboxylic acids is 1. The van der Waals surface area contributed by atoms with E-state index in [1.165, 1.54) is 11.3 Å². The number of carbonyl (C=O) groups is 1. The molecule has 2 fully saturated rings. The molecule has 2 N–H and O–H groups in total. The molecule has 25 heavy (non-hydrogen) atoms. The molecule has 3 rings (SSSR count). The van der Waals surface area contributed by atoms with Gasteiger partial charge in [0.2, 0.25) is 5.91 Å². The van der Waals surface area contributed by atoms with Crippen LogP contribution in [0, 0.1) is 17.8 Å². The van der Waals surface area contributed by atoms with Gasteiger partial charge in [-0.3, -0.25) is 4.79 Å². The Kier molecular flexibility index (Phi) is 7.20. The SMILES string of the molecule is Cl.NC1C2CCCC1CC(C(=O)N(Cc1ccccc1)CC(F)F)C2. The van der Waals surface area contributed by atoms with Crippen molar-refractivity contribution in [2.75, 3.05) is 6.54 Å². The third-order valence-electron chi connectivity index (χ3n) is 5.65. The molecule has 0 heterocycles. The first kappa shape index (κ1) is 20.1. The summed E-state index contributed by atoms with van der Waals surface area (Å²) in [6.07, 6.45) is 2.30. The van der Waals surface area contributed by atoms with Crippen LogP contribution in [0.3, 0.4) is 0 Å². The quantitative estimate of drug-likeness (QED) is 0.853. The Labute approximate surface area is 154 Å². The number of hydrogen-bond donors (Lipinski definition) is 1. The van der Waals surface area contributed by atoms with E-state index in [2.05, 4.69) is 0 Å². The first-order valence-electron chi connectivity index (χ1n) is 8.91. The highest BCUT2D eigenvalue weighted by Gasteiger charge is 2.41. The van der Waals surface area contributed by atoms with Gasteiger partial charge in [-0.1, -0.05) is 36.8 Å². The lowest BCUT2D eigenvalue weighted by molar-refractivity contribution is -0.141. The highest BCUT2D eigenvalue weighted by Crippen LogP contribution is 2.42. The molecule has 0 radical (unpaired) electrons. The second-order valence-corrected chi connectivity index (χ2v) is 7.29. The van der Waals surface area contributed by atoms with Gasteiger partial charge in [0.1, 0.15) is 0 Å². The Morgan fingerprint density at radius 1 is 1.16 bits per heavy atom. The number of nitrogens with zero attached hydrogens (tertiary/aromatic N) is 1. The van der Waals surface area contributed by atoms with Crippen molar-refractivity contribution in [3.05, 3.63) is 35.9 Å². The average molecular weight is 373 g/mol. The minimum absolute atomic E-state index is 0. The lowest BCUT2D eigenvalue weighted by Crippen LogP contribution is -2.50. The summed E-state index contributed by atoms with van der Waals surface area (Å²) >= 11 is 0. The van der Waals surface area contributed by atoms with Crippen molar-refractivity contribution in [2.24, 2.45) is 23.5 Å². The summed E-state index contributed by atoms with van der Waals surface area (Å²) in [6, 6.07) is 9.54. The van der Waals surface area contributed by atoms with E-state index in [-0.39, 0.29) is 36.8 Å². The van der Waals surface area contributed by atoms with E-state index in [0.29, 0.717) is 11.8 Å². The molecule has 0 aromatic heterocycles. The zero-order chi connectivity index (χ0) is 17.1. The number of benzene rings is 1. The van der Waals surface area contributed by atoms with Crippen molar-refractivity contribution in [3.63, 3.8) is 0 Å². The van der Waals surface area contributed by atoms with Gasteiger partial charge in [-0.25, -0.2) is 8.78 Å². The van der Waals surface area contributed by atoms with Gasteiger partial charge in [-0.05, 0) is 43.1 Å². The molecule has 1 aromatic carbocycles. The first-order valence-corrected chi connectivity index (χ1v) is 8.91. The number of amides is 1. The Bertz CT molecular complexity index is 544. The van der Waals surface area contributed by atoms with Gasteiger partial charge in [0.25, 0.3) is 6.43 Å². The smallest absolute Gasteiger partial charge is 0.255 e. The van der Waals surface area contributed by atoms with E-state index in [9.17, 15) is 13.6 Å². The van der Waals surface area contributed by atoms with Crippen LogP contribution in [-0.4, -0.2) is 29.8 Å². The molecule has 2 saturated carbocycles. The second-order valence-electron chi connectivity index (χ2n) is 7.29. The second kappa shape index (κ2) is 8.95. The first-order chi connectivity index (χ1) is 11.5. The Hall–Kier alpha value is -1.20. The van der Waals surface area contributed by atoms with Crippen LogP contribution >= 0.6 is 12.4 Å². The third-order valence-corrected chi connectivity index (χ3v) is 5.65. The largest absolute Gasteiger partial charge is 0.332 e. The predicted octanol–water partition coefficient (Wildman–Crippen LogP) is 3.86. The van der Waals surface area contributed by atoms with Crippen molar-refractivity contribution >= 4 is 18.3 Å². The van der Waals surface area contributed by atoms with Gasteiger partial charge in [-0.2, -0.15) is 0 Å². The van der Waals surface area contributed by atoms with E-state index in [1.807, 2.05) is 30.3 Å². The zero-order valence-corrected chi connectivity index (χ0v) is 15.1. The Morgan fingerprint density at radius 3 is 2.32 bits per heavy atom. The molecule has 140 valence electrons. The summed E-state index contributed by atoms with van der Waals surface area (Å²) < 4.78 is 26.0. The summed E-state index contributed by atoms with van der Waals surface area (Å²) in [7, 11) is 0. The van der Waals surface area contributed by atoms with Crippen LogP contribution < -0.4 is 5.73 Å². The van der Waals surface area contributed by atoms with Gasteiger partial charge < -0.3 is 10.6 Å².